The highest BCUT2D eigenvalue weighted by Crippen LogP contribution is 2.26. The van der Waals surface area contributed by atoms with Crippen LogP contribution < -0.4 is 0 Å². The Morgan fingerprint density at radius 1 is 1.16 bits per heavy atom. The van der Waals surface area contributed by atoms with Crippen LogP contribution in [0.15, 0.2) is 30.3 Å². The molecule has 0 aromatic heterocycles. The zero-order chi connectivity index (χ0) is 19.0. The Balaban J connectivity index is 2.90. The summed E-state index contributed by atoms with van der Waals surface area (Å²) in [4.78, 5) is 35.9. The number of carboxylic acids is 1. The van der Waals surface area contributed by atoms with E-state index in [1.54, 1.807) is 6.92 Å². The largest absolute Gasteiger partial charge is 0.480 e. The smallest absolute Gasteiger partial charge is 0.324 e. The fourth-order valence-electron chi connectivity index (χ4n) is 2.40. The van der Waals surface area contributed by atoms with E-state index in [9.17, 15) is 14.4 Å². The molecule has 1 N–H and O–H groups in total. The van der Waals surface area contributed by atoms with Crippen LogP contribution in [0.3, 0.4) is 0 Å². The Kier molecular flexibility index (Phi) is 9.06. The highest BCUT2D eigenvalue weighted by molar-refractivity contribution is 8.12. The van der Waals surface area contributed by atoms with Crippen LogP contribution >= 0.6 is 24.6 Å². The maximum Gasteiger partial charge on any atom is 0.324 e. The number of carbonyl (C=O) groups excluding carboxylic acids is 2. The van der Waals surface area contributed by atoms with Gasteiger partial charge in [-0.25, -0.2) is 0 Å². The molecule has 0 saturated carbocycles. The number of carboxylic acid groups (broad SMARTS) is 1. The van der Waals surface area contributed by atoms with Gasteiger partial charge in [-0.1, -0.05) is 44.2 Å². The molecule has 5 nitrogen and oxygen atoms in total. The van der Waals surface area contributed by atoms with Crippen molar-refractivity contribution in [1.82, 2.24) is 4.31 Å². The van der Waals surface area contributed by atoms with E-state index in [2.05, 4.69) is 12.6 Å². The Hall–Kier alpha value is -1.47. The van der Waals surface area contributed by atoms with Gasteiger partial charge in [0.25, 0.3) is 0 Å². The molecule has 0 spiro atoms. The van der Waals surface area contributed by atoms with E-state index < -0.39 is 23.7 Å². The second kappa shape index (κ2) is 10.5. The molecule has 25 heavy (non-hydrogen) atoms. The Morgan fingerprint density at radius 3 is 2.24 bits per heavy atom. The molecule has 0 radical (unpaired) electrons. The summed E-state index contributed by atoms with van der Waals surface area (Å²) >= 11 is 4.75. The molecular weight excluding hydrogens is 358 g/mol. The fourth-order valence-corrected chi connectivity index (χ4v) is 3.59. The van der Waals surface area contributed by atoms with Gasteiger partial charge in [-0.2, -0.15) is 12.6 Å². The first-order valence-corrected chi connectivity index (χ1v) is 9.46. The normalized spacial score (nSPS) is 13.3. The van der Waals surface area contributed by atoms with Crippen LogP contribution in [0, 0.1) is 11.8 Å². The maximum absolute atomic E-state index is 12.8. The number of aliphatic carboxylic acids is 1. The molecule has 0 saturated heterocycles. The van der Waals surface area contributed by atoms with E-state index in [0.717, 1.165) is 9.87 Å². The number of benzene rings is 1. The Labute approximate surface area is 158 Å². The van der Waals surface area contributed by atoms with Gasteiger partial charge in [0, 0.05) is 17.9 Å². The van der Waals surface area contributed by atoms with Crippen molar-refractivity contribution in [3.63, 3.8) is 0 Å². The van der Waals surface area contributed by atoms with Gasteiger partial charge in [0.1, 0.15) is 6.54 Å². The van der Waals surface area contributed by atoms with Gasteiger partial charge < -0.3 is 5.11 Å². The molecule has 1 amide bonds. The number of amides is 1. The van der Waals surface area contributed by atoms with E-state index in [0.29, 0.717) is 30.7 Å². The van der Waals surface area contributed by atoms with Crippen molar-refractivity contribution in [1.29, 1.82) is 0 Å². The molecule has 0 bridgehead atoms. The van der Waals surface area contributed by atoms with Crippen LogP contribution in [0.5, 0.6) is 0 Å². The first-order chi connectivity index (χ1) is 11.7. The second-order valence-electron chi connectivity index (χ2n) is 6.37. The molecule has 0 aliphatic rings. The third-order valence-corrected chi connectivity index (χ3v) is 4.76. The quantitative estimate of drug-likeness (QED) is 0.532. The lowest BCUT2D eigenvalue weighted by atomic mass is 9.92. The summed E-state index contributed by atoms with van der Waals surface area (Å²) in [6.45, 7) is 5.10. The highest BCUT2D eigenvalue weighted by Gasteiger charge is 2.28. The number of hydrogen-bond acceptors (Lipinski definition) is 5. The molecule has 2 unspecified atom stereocenters. The zero-order valence-corrected chi connectivity index (χ0v) is 16.4. The second-order valence-corrected chi connectivity index (χ2v) is 8.17. The van der Waals surface area contributed by atoms with Crippen LogP contribution in [-0.2, 0) is 20.8 Å². The van der Waals surface area contributed by atoms with E-state index in [4.69, 9.17) is 5.11 Å². The van der Waals surface area contributed by atoms with E-state index in [1.165, 1.54) is 0 Å². The lowest BCUT2D eigenvalue weighted by Gasteiger charge is -2.24. The fraction of sp³-hybridized carbons (Fsp3) is 0.500. The van der Waals surface area contributed by atoms with E-state index in [1.807, 2.05) is 44.2 Å². The molecule has 1 rings (SSSR count). The lowest BCUT2D eigenvalue weighted by Crippen LogP contribution is -2.36. The van der Waals surface area contributed by atoms with Gasteiger partial charge in [0.05, 0.1) is 5.25 Å². The van der Waals surface area contributed by atoms with Gasteiger partial charge in [-0.3, -0.25) is 18.7 Å². The molecule has 2 atom stereocenters. The molecule has 138 valence electrons. The molecule has 0 aliphatic heterocycles. The molecule has 0 aliphatic carbocycles. The summed E-state index contributed by atoms with van der Waals surface area (Å²) in [6.07, 6.45) is 1.24. The lowest BCUT2D eigenvalue weighted by molar-refractivity contribution is -0.140. The van der Waals surface area contributed by atoms with Gasteiger partial charge >= 0.3 is 5.97 Å². The minimum absolute atomic E-state index is 0.193. The van der Waals surface area contributed by atoms with Crippen LogP contribution in [0.2, 0.25) is 0 Å². The summed E-state index contributed by atoms with van der Waals surface area (Å²) in [5.74, 6) is -1.62. The van der Waals surface area contributed by atoms with Crippen molar-refractivity contribution in [3.05, 3.63) is 35.9 Å². The summed E-state index contributed by atoms with van der Waals surface area (Å²) < 4.78 is 1.00. The molecule has 0 fully saturated rings. The van der Waals surface area contributed by atoms with E-state index in [-0.39, 0.29) is 11.0 Å². The van der Waals surface area contributed by atoms with Crippen molar-refractivity contribution in [2.75, 3.05) is 6.54 Å². The monoisotopic (exact) mass is 383 g/mol. The summed E-state index contributed by atoms with van der Waals surface area (Å²) in [5.41, 5.74) is 1.04. The molecule has 7 heteroatoms. The van der Waals surface area contributed by atoms with E-state index >= 15 is 0 Å². The van der Waals surface area contributed by atoms with Gasteiger partial charge in [0.2, 0.25) is 11.0 Å². The number of rotatable bonds is 8. The predicted octanol–water partition coefficient (Wildman–Crippen LogP) is 3.30. The van der Waals surface area contributed by atoms with Crippen LogP contribution in [0.4, 0.5) is 0 Å². The Morgan fingerprint density at radius 2 is 1.76 bits per heavy atom. The average Bonchev–Trinajstić information content (AvgIpc) is 2.52. The third-order valence-electron chi connectivity index (χ3n) is 3.50. The zero-order valence-electron chi connectivity index (χ0n) is 14.7. The minimum atomic E-state index is -1.16. The number of thiol groups is 1. The van der Waals surface area contributed by atoms with Gasteiger partial charge in [-0.15, -0.1) is 0 Å². The van der Waals surface area contributed by atoms with Crippen molar-refractivity contribution in [3.8, 4) is 0 Å². The van der Waals surface area contributed by atoms with Crippen LogP contribution in [0.1, 0.15) is 32.8 Å². The topological polar surface area (TPSA) is 74.7 Å². The number of hydrogen-bond donors (Lipinski definition) is 2. The Bertz CT molecular complexity index is 590. The SMILES string of the molecule is CC(C)CC(Cc1ccccc1)C(=O)SN(CC(=O)O)C(=O)C(C)S. The first kappa shape index (κ1) is 21.6. The third kappa shape index (κ3) is 7.96. The van der Waals surface area contributed by atoms with Crippen molar-refractivity contribution < 1.29 is 19.5 Å². The summed E-state index contributed by atoms with van der Waals surface area (Å²) in [7, 11) is 0. The first-order valence-electron chi connectivity index (χ1n) is 8.17. The van der Waals surface area contributed by atoms with Gasteiger partial charge in [0.15, 0.2) is 0 Å². The van der Waals surface area contributed by atoms with Crippen LogP contribution in [0.25, 0.3) is 0 Å². The molecule has 0 heterocycles. The minimum Gasteiger partial charge on any atom is -0.480 e. The highest BCUT2D eigenvalue weighted by atomic mass is 32.2. The predicted molar refractivity (Wildman–Crippen MR) is 103 cm³/mol. The standard InChI is InChI=1S/C18H25NO4S2/c1-12(2)9-15(10-14-7-5-4-6-8-14)18(23)25-19(11-16(20)21)17(22)13(3)24/h4-8,12-13,15,24H,9-11H2,1-3H3,(H,20,21). The molecule has 1 aromatic rings. The average molecular weight is 384 g/mol. The number of nitrogens with zero attached hydrogens (tertiary/aromatic N) is 1. The van der Waals surface area contributed by atoms with Crippen molar-refractivity contribution >= 4 is 41.6 Å². The maximum atomic E-state index is 12.8. The number of carbonyl (C=O) groups is 3. The summed E-state index contributed by atoms with van der Waals surface area (Å²) in [5, 5.41) is 8.14. The summed E-state index contributed by atoms with van der Waals surface area (Å²) in [6, 6.07) is 9.67. The molecule has 1 aromatic carbocycles. The van der Waals surface area contributed by atoms with Crippen molar-refractivity contribution in [2.45, 2.75) is 38.9 Å². The van der Waals surface area contributed by atoms with Crippen molar-refractivity contribution in [2.24, 2.45) is 11.8 Å². The molecular formula is C18H25NO4S2. The van der Waals surface area contributed by atoms with Crippen LogP contribution in [-0.4, -0.2) is 38.2 Å². The van der Waals surface area contributed by atoms with Gasteiger partial charge in [-0.05, 0) is 31.2 Å².